The van der Waals surface area contributed by atoms with Gasteiger partial charge in [0, 0.05) is 34.4 Å². The number of aliphatic hydroxyl groups excluding tert-OH is 2. The third-order valence-corrected chi connectivity index (χ3v) is 5.82. The van der Waals surface area contributed by atoms with Crippen molar-refractivity contribution in [3.63, 3.8) is 0 Å². The van der Waals surface area contributed by atoms with E-state index in [2.05, 4.69) is 15.1 Å². The minimum atomic E-state index is -3.94. The van der Waals surface area contributed by atoms with Gasteiger partial charge in [-0.2, -0.15) is 5.10 Å². The molecule has 0 radical (unpaired) electrons. The molecule has 8 nitrogen and oxygen atoms in total. The van der Waals surface area contributed by atoms with Crippen LogP contribution in [-0.2, 0) is 16.4 Å². The van der Waals surface area contributed by atoms with Crippen LogP contribution in [0.5, 0.6) is 0 Å². The van der Waals surface area contributed by atoms with E-state index in [1.807, 2.05) is 0 Å². The van der Waals surface area contributed by atoms with Gasteiger partial charge in [-0.3, -0.25) is 9.40 Å². The summed E-state index contributed by atoms with van der Waals surface area (Å²) >= 11 is 12.2. The van der Waals surface area contributed by atoms with E-state index >= 15 is 0 Å². The molecule has 0 unspecified atom stereocenters. The smallest absolute Gasteiger partial charge is 0.265 e. The Balaban J connectivity index is 1.91. The topological polar surface area (TPSA) is 116 Å². The molecule has 1 aromatic carbocycles. The minimum Gasteiger partial charge on any atom is -0.394 e. The lowest BCUT2D eigenvalue weighted by Crippen LogP contribution is -2.18. The van der Waals surface area contributed by atoms with Gasteiger partial charge in [0.1, 0.15) is 4.90 Å². The molecule has 1 aliphatic rings. The van der Waals surface area contributed by atoms with Crippen LogP contribution < -0.4 is 10.0 Å². The molecule has 1 aliphatic heterocycles. The Bertz CT molecular complexity index is 955. The highest BCUT2D eigenvalue weighted by Gasteiger charge is 2.23. The summed E-state index contributed by atoms with van der Waals surface area (Å²) in [7, 11) is -3.94. The van der Waals surface area contributed by atoms with Crippen molar-refractivity contribution >= 4 is 44.6 Å². The first-order valence-electron chi connectivity index (χ1n) is 7.57. The molecule has 0 amide bonds. The van der Waals surface area contributed by atoms with Gasteiger partial charge < -0.3 is 15.5 Å². The molecule has 0 aliphatic carbocycles. The number of benzene rings is 1. The standard InChI is InChI=1S/C15H16Cl2N4O4S/c16-9-3-12-13(17)1-2-14(15(12)18-4-9)20-26(24,25)11-5-19-21(6-11)10(7-22)8-23/h1-2,4-6,10,18,20,22-23H,3,7-8H2. The number of fused-ring (bicyclic) bond motifs is 1. The van der Waals surface area contributed by atoms with Gasteiger partial charge in [0.05, 0.1) is 36.8 Å². The van der Waals surface area contributed by atoms with Gasteiger partial charge in [-0.15, -0.1) is 0 Å². The zero-order valence-electron chi connectivity index (χ0n) is 13.4. The van der Waals surface area contributed by atoms with Gasteiger partial charge in [-0.1, -0.05) is 23.2 Å². The average Bonchev–Trinajstić information content (AvgIpc) is 3.09. The van der Waals surface area contributed by atoms with Crippen LogP contribution in [0.25, 0.3) is 0 Å². The predicted molar refractivity (Wildman–Crippen MR) is 99.0 cm³/mol. The first-order chi connectivity index (χ1) is 12.4. The number of hydrogen-bond donors (Lipinski definition) is 4. The number of rotatable bonds is 6. The SMILES string of the molecule is O=S(=O)(Nc1ccc(Cl)c2c1NC=C(Cl)C2)c1cnn(C(CO)CO)c1. The zero-order chi connectivity index (χ0) is 18.9. The predicted octanol–water partition coefficient (Wildman–Crippen LogP) is 1.91. The second kappa shape index (κ2) is 7.45. The maximum Gasteiger partial charge on any atom is 0.265 e. The molecule has 140 valence electrons. The molecular weight excluding hydrogens is 403 g/mol. The van der Waals surface area contributed by atoms with E-state index < -0.39 is 16.1 Å². The summed E-state index contributed by atoms with van der Waals surface area (Å²) in [5.41, 5.74) is 1.54. The molecule has 0 bridgehead atoms. The highest BCUT2D eigenvalue weighted by Crippen LogP contribution is 2.38. The van der Waals surface area contributed by atoms with Crippen molar-refractivity contribution in [1.82, 2.24) is 9.78 Å². The van der Waals surface area contributed by atoms with Gasteiger partial charge in [-0.05, 0) is 12.1 Å². The molecule has 4 N–H and O–H groups in total. The largest absolute Gasteiger partial charge is 0.394 e. The number of nitrogens with one attached hydrogen (secondary N) is 2. The Morgan fingerprint density at radius 2 is 2.04 bits per heavy atom. The lowest BCUT2D eigenvalue weighted by Gasteiger charge is -2.20. The Labute approximate surface area is 160 Å². The molecule has 1 aromatic heterocycles. The van der Waals surface area contributed by atoms with Crippen molar-refractivity contribution in [3.05, 3.63) is 46.3 Å². The van der Waals surface area contributed by atoms with Crippen molar-refractivity contribution < 1.29 is 18.6 Å². The van der Waals surface area contributed by atoms with Crippen LogP contribution in [-0.4, -0.2) is 41.6 Å². The lowest BCUT2D eigenvalue weighted by molar-refractivity contribution is 0.146. The van der Waals surface area contributed by atoms with E-state index in [9.17, 15) is 18.6 Å². The Hall–Kier alpha value is -1.78. The monoisotopic (exact) mass is 418 g/mol. The van der Waals surface area contributed by atoms with E-state index in [-0.39, 0.29) is 18.1 Å². The van der Waals surface area contributed by atoms with Crippen LogP contribution in [0.2, 0.25) is 5.02 Å². The fourth-order valence-corrected chi connectivity index (χ4v) is 3.93. The zero-order valence-corrected chi connectivity index (χ0v) is 15.7. The normalized spacial score (nSPS) is 14.0. The highest BCUT2D eigenvalue weighted by molar-refractivity contribution is 7.92. The molecule has 0 atom stereocenters. The summed E-state index contributed by atoms with van der Waals surface area (Å²) in [5, 5.41) is 26.2. The van der Waals surface area contributed by atoms with Crippen molar-refractivity contribution in [2.24, 2.45) is 0 Å². The van der Waals surface area contributed by atoms with Gasteiger partial charge >= 0.3 is 0 Å². The molecule has 3 rings (SSSR count). The third-order valence-electron chi connectivity index (χ3n) is 3.90. The van der Waals surface area contributed by atoms with E-state index in [0.29, 0.717) is 33.4 Å². The Morgan fingerprint density at radius 1 is 1.31 bits per heavy atom. The van der Waals surface area contributed by atoms with E-state index in [0.717, 1.165) is 6.20 Å². The summed E-state index contributed by atoms with van der Waals surface area (Å²) in [6.45, 7) is -0.737. The number of aromatic nitrogens is 2. The fraction of sp³-hybridized carbons (Fsp3) is 0.267. The van der Waals surface area contributed by atoms with Crippen molar-refractivity contribution in [3.8, 4) is 0 Å². The molecule has 2 heterocycles. The van der Waals surface area contributed by atoms with Crippen LogP contribution in [0.1, 0.15) is 11.6 Å². The first-order valence-corrected chi connectivity index (χ1v) is 9.80. The van der Waals surface area contributed by atoms with Crippen molar-refractivity contribution in [1.29, 1.82) is 0 Å². The minimum absolute atomic E-state index is 0.0996. The van der Waals surface area contributed by atoms with E-state index in [1.54, 1.807) is 18.3 Å². The molecular formula is C15H16Cl2N4O4S. The van der Waals surface area contributed by atoms with Crippen LogP contribution in [0, 0.1) is 0 Å². The molecule has 0 saturated heterocycles. The Kier molecular flexibility index (Phi) is 5.44. The summed E-state index contributed by atoms with van der Waals surface area (Å²) in [6.07, 6.45) is 4.35. The number of nitrogens with zero attached hydrogens (tertiary/aromatic N) is 2. The molecule has 0 spiro atoms. The molecule has 0 saturated carbocycles. The third kappa shape index (κ3) is 3.67. The van der Waals surface area contributed by atoms with E-state index in [1.165, 1.54) is 10.9 Å². The Morgan fingerprint density at radius 3 is 2.73 bits per heavy atom. The number of hydrogen-bond acceptors (Lipinski definition) is 6. The lowest BCUT2D eigenvalue weighted by atomic mass is 10.1. The number of sulfonamides is 1. The number of anilines is 2. The van der Waals surface area contributed by atoms with Crippen LogP contribution in [0.15, 0.2) is 40.7 Å². The maximum absolute atomic E-state index is 12.7. The van der Waals surface area contributed by atoms with Crippen molar-refractivity contribution in [2.75, 3.05) is 23.3 Å². The second-order valence-corrected chi connectivity index (χ2v) is 8.22. The summed E-state index contributed by atoms with van der Waals surface area (Å²) in [6, 6.07) is 2.43. The molecule has 2 aromatic rings. The summed E-state index contributed by atoms with van der Waals surface area (Å²) in [5.74, 6) is 0. The number of aliphatic hydroxyl groups is 2. The quantitative estimate of drug-likeness (QED) is 0.569. The molecule has 26 heavy (non-hydrogen) atoms. The second-order valence-electron chi connectivity index (χ2n) is 5.64. The van der Waals surface area contributed by atoms with E-state index in [4.69, 9.17) is 23.2 Å². The maximum atomic E-state index is 12.7. The highest BCUT2D eigenvalue weighted by atomic mass is 35.5. The summed E-state index contributed by atoms with van der Waals surface area (Å²) < 4.78 is 29.0. The number of halogens is 2. The van der Waals surface area contributed by atoms with Gasteiger partial charge in [-0.25, -0.2) is 8.42 Å². The van der Waals surface area contributed by atoms with Crippen molar-refractivity contribution in [2.45, 2.75) is 17.4 Å². The molecule has 0 fully saturated rings. The van der Waals surface area contributed by atoms with Crippen LogP contribution in [0.3, 0.4) is 0 Å². The summed E-state index contributed by atoms with van der Waals surface area (Å²) in [4.78, 5) is -0.0996. The average molecular weight is 419 g/mol. The van der Waals surface area contributed by atoms with Gasteiger partial charge in [0.25, 0.3) is 10.0 Å². The van der Waals surface area contributed by atoms with Gasteiger partial charge in [0.2, 0.25) is 0 Å². The fourth-order valence-electron chi connectivity index (χ4n) is 2.50. The van der Waals surface area contributed by atoms with Gasteiger partial charge in [0.15, 0.2) is 0 Å². The molecule has 11 heteroatoms. The first kappa shape index (κ1) is 19.0. The number of allylic oxidation sites excluding steroid dienone is 1. The van der Waals surface area contributed by atoms with Crippen LogP contribution in [0.4, 0.5) is 11.4 Å². The van der Waals surface area contributed by atoms with Crippen LogP contribution >= 0.6 is 23.2 Å².